The molecule has 0 unspecified atom stereocenters. The minimum Gasteiger partial charge on any atom is -0.461 e. The molecule has 2 saturated heterocycles. The Hall–Kier alpha value is -1.22. The Kier molecular flexibility index (Phi) is 14.3. The lowest BCUT2D eigenvalue weighted by Crippen LogP contribution is -2.60. The SMILES string of the molecule is CC1(C)CN(OC2CCCCC2)CC(C)(C)C1OC(=O)CCCCCCCCC(=O)OC1C(C)(C)CN(OC2CCCCC2)CC1(C)C. The van der Waals surface area contributed by atoms with E-state index in [2.05, 4.69) is 65.5 Å². The van der Waals surface area contributed by atoms with Crippen LogP contribution in [0.4, 0.5) is 0 Å². The number of carbonyl (C=O) groups excluding carboxylic acids is 2. The summed E-state index contributed by atoms with van der Waals surface area (Å²) in [7, 11) is 0. The molecule has 8 nitrogen and oxygen atoms in total. The molecule has 2 heterocycles. The van der Waals surface area contributed by atoms with Gasteiger partial charge < -0.3 is 9.47 Å². The summed E-state index contributed by atoms with van der Waals surface area (Å²) in [6.45, 7) is 20.8. The molecule has 0 radical (unpaired) electrons. The summed E-state index contributed by atoms with van der Waals surface area (Å²) in [5.74, 6) is -0.162. The van der Waals surface area contributed by atoms with Crippen molar-refractivity contribution in [3.63, 3.8) is 0 Å². The van der Waals surface area contributed by atoms with Gasteiger partial charge in [-0.15, -0.1) is 0 Å². The van der Waals surface area contributed by atoms with Crippen LogP contribution in [0, 0.1) is 21.7 Å². The van der Waals surface area contributed by atoms with E-state index in [-0.39, 0.29) is 45.8 Å². The zero-order chi connectivity index (χ0) is 35.0. The van der Waals surface area contributed by atoms with Crippen LogP contribution in [0.3, 0.4) is 0 Å². The maximum Gasteiger partial charge on any atom is 0.306 e. The van der Waals surface area contributed by atoms with Crippen LogP contribution in [-0.2, 0) is 28.7 Å². The van der Waals surface area contributed by atoms with Crippen molar-refractivity contribution < 1.29 is 28.7 Å². The molecule has 2 aliphatic heterocycles. The average molecular weight is 677 g/mol. The predicted octanol–water partition coefficient (Wildman–Crippen LogP) is 9.20. The number of esters is 2. The van der Waals surface area contributed by atoms with Crippen molar-refractivity contribution in [2.75, 3.05) is 26.2 Å². The zero-order valence-electron chi connectivity index (χ0n) is 32.2. The first kappa shape index (κ1) is 39.6. The molecule has 0 N–H and O–H groups in total. The number of piperidine rings is 2. The quantitative estimate of drug-likeness (QED) is 0.126. The van der Waals surface area contributed by atoms with Gasteiger partial charge in [0.25, 0.3) is 0 Å². The molecule has 0 aromatic carbocycles. The molecule has 0 aromatic heterocycles. The molecule has 48 heavy (non-hydrogen) atoms. The van der Waals surface area contributed by atoms with Crippen LogP contribution in [0.15, 0.2) is 0 Å². The minimum absolute atomic E-state index is 0.0808. The number of carbonyl (C=O) groups is 2. The summed E-state index contributed by atoms with van der Waals surface area (Å²) in [5.41, 5.74) is -0.726. The Morgan fingerprint density at radius 3 is 1.08 bits per heavy atom. The van der Waals surface area contributed by atoms with Gasteiger partial charge in [0.1, 0.15) is 12.2 Å². The Labute approximate surface area is 293 Å². The van der Waals surface area contributed by atoms with Crippen LogP contribution >= 0.6 is 0 Å². The summed E-state index contributed by atoms with van der Waals surface area (Å²) in [5, 5.41) is 4.30. The molecule has 4 rings (SSSR count). The predicted molar refractivity (Wildman–Crippen MR) is 191 cm³/mol. The van der Waals surface area contributed by atoms with Gasteiger partial charge in [0, 0.05) is 60.7 Å². The molecule has 2 saturated carbocycles. The second-order valence-electron chi connectivity index (χ2n) is 18.6. The van der Waals surface area contributed by atoms with Crippen LogP contribution in [0.2, 0.25) is 0 Å². The molecule has 0 spiro atoms. The van der Waals surface area contributed by atoms with Gasteiger partial charge in [0.2, 0.25) is 0 Å². The third-order valence-corrected chi connectivity index (χ3v) is 11.4. The van der Waals surface area contributed by atoms with E-state index in [9.17, 15) is 9.59 Å². The molecule has 278 valence electrons. The zero-order valence-corrected chi connectivity index (χ0v) is 32.2. The second-order valence-corrected chi connectivity index (χ2v) is 18.6. The Morgan fingerprint density at radius 1 is 0.479 bits per heavy atom. The number of rotatable bonds is 15. The van der Waals surface area contributed by atoms with Crippen molar-refractivity contribution in [1.82, 2.24) is 10.1 Å². The van der Waals surface area contributed by atoms with Crippen molar-refractivity contribution in [3.8, 4) is 0 Å². The second kappa shape index (κ2) is 17.3. The van der Waals surface area contributed by atoms with E-state index in [1.165, 1.54) is 38.5 Å². The monoisotopic (exact) mass is 677 g/mol. The lowest BCUT2D eigenvalue weighted by molar-refractivity contribution is -0.272. The molecule has 8 heteroatoms. The maximum atomic E-state index is 12.9. The van der Waals surface area contributed by atoms with Crippen LogP contribution in [0.5, 0.6) is 0 Å². The van der Waals surface area contributed by atoms with Gasteiger partial charge in [-0.1, -0.05) is 120 Å². The molecule has 0 amide bonds. The Morgan fingerprint density at radius 2 is 0.771 bits per heavy atom. The number of hydroxylamine groups is 4. The van der Waals surface area contributed by atoms with E-state index in [0.29, 0.717) is 25.0 Å². The first-order valence-electron chi connectivity index (χ1n) is 19.8. The van der Waals surface area contributed by atoms with E-state index in [1.54, 1.807) is 0 Å². The number of hydrogen-bond donors (Lipinski definition) is 0. The normalized spacial score (nSPS) is 25.9. The van der Waals surface area contributed by atoms with E-state index < -0.39 is 0 Å². The van der Waals surface area contributed by atoms with Gasteiger partial charge in [0.05, 0.1) is 12.2 Å². The fraction of sp³-hybridized carbons (Fsp3) is 0.950. The van der Waals surface area contributed by atoms with Crippen LogP contribution < -0.4 is 0 Å². The third kappa shape index (κ3) is 11.7. The van der Waals surface area contributed by atoms with Gasteiger partial charge in [-0.2, -0.15) is 10.1 Å². The molecule has 4 aliphatic rings. The van der Waals surface area contributed by atoms with Gasteiger partial charge in [-0.3, -0.25) is 19.3 Å². The largest absolute Gasteiger partial charge is 0.461 e. The van der Waals surface area contributed by atoms with Crippen LogP contribution in [0.25, 0.3) is 0 Å². The highest BCUT2D eigenvalue weighted by Crippen LogP contribution is 2.44. The first-order chi connectivity index (χ1) is 22.6. The first-order valence-corrected chi connectivity index (χ1v) is 19.8. The van der Waals surface area contributed by atoms with E-state index in [4.69, 9.17) is 19.1 Å². The minimum atomic E-state index is -0.182. The summed E-state index contributed by atoms with van der Waals surface area (Å²) in [6.07, 6.45) is 19.4. The smallest absolute Gasteiger partial charge is 0.306 e. The van der Waals surface area contributed by atoms with Gasteiger partial charge in [0.15, 0.2) is 0 Å². The van der Waals surface area contributed by atoms with Gasteiger partial charge in [-0.05, 0) is 38.5 Å². The number of nitrogens with zero attached hydrogens (tertiary/aromatic N) is 2. The highest BCUT2D eigenvalue weighted by atomic mass is 16.7. The maximum absolute atomic E-state index is 12.9. The van der Waals surface area contributed by atoms with Crippen molar-refractivity contribution in [1.29, 1.82) is 0 Å². The van der Waals surface area contributed by atoms with Crippen molar-refractivity contribution in [2.45, 2.75) is 195 Å². The Bertz CT molecular complexity index is 897. The highest BCUT2D eigenvalue weighted by molar-refractivity contribution is 5.70. The molecular weight excluding hydrogens is 604 g/mol. The molecule has 0 aromatic rings. The lowest BCUT2D eigenvalue weighted by atomic mass is 9.68. The lowest BCUT2D eigenvalue weighted by Gasteiger charge is -2.52. The topological polar surface area (TPSA) is 77.5 Å². The fourth-order valence-electron chi connectivity index (χ4n) is 9.55. The van der Waals surface area contributed by atoms with Crippen LogP contribution in [0.1, 0.15) is 171 Å². The van der Waals surface area contributed by atoms with Gasteiger partial charge >= 0.3 is 11.9 Å². The third-order valence-electron chi connectivity index (χ3n) is 11.4. The summed E-state index contributed by atoms with van der Waals surface area (Å²) in [6, 6.07) is 0. The number of unbranched alkanes of at least 4 members (excludes halogenated alkanes) is 5. The highest BCUT2D eigenvalue weighted by Gasteiger charge is 2.51. The van der Waals surface area contributed by atoms with Gasteiger partial charge in [-0.25, -0.2) is 0 Å². The number of hydrogen-bond acceptors (Lipinski definition) is 8. The van der Waals surface area contributed by atoms with Crippen LogP contribution in [-0.4, -0.2) is 72.7 Å². The van der Waals surface area contributed by atoms with Crippen molar-refractivity contribution >= 4 is 11.9 Å². The molecule has 0 bridgehead atoms. The fourth-order valence-corrected chi connectivity index (χ4v) is 9.55. The molecule has 0 atom stereocenters. The number of ether oxygens (including phenoxy) is 2. The molecular formula is C40H72N2O6. The standard InChI is InChI=1S/C40H72N2O6/c1-37(2)27-41(47-31-21-15-13-16-22-31)28-38(3,4)35(37)45-33(43)25-19-11-9-10-12-20-26-34(44)46-36-39(5,6)29-42(30-40(36,7)8)48-32-23-17-14-18-24-32/h31-32,35-36H,9-30H2,1-8H3. The Balaban J connectivity index is 1.08. The van der Waals surface area contributed by atoms with Crippen molar-refractivity contribution in [3.05, 3.63) is 0 Å². The summed E-state index contributed by atoms with van der Waals surface area (Å²) in [4.78, 5) is 38.7. The summed E-state index contributed by atoms with van der Waals surface area (Å²) >= 11 is 0. The average Bonchev–Trinajstić information content (AvgIpc) is 2.98. The molecule has 4 fully saturated rings. The van der Waals surface area contributed by atoms with E-state index in [1.807, 2.05) is 0 Å². The van der Waals surface area contributed by atoms with E-state index >= 15 is 0 Å². The van der Waals surface area contributed by atoms with Crippen molar-refractivity contribution in [2.24, 2.45) is 21.7 Å². The van der Waals surface area contributed by atoms with E-state index in [0.717, 1.165) is 90.4 Å². The summed E-state index contributed by atoms with van der Waals surface area (Å²) < 4.78 is 12.4. The molecule has 2 aliphatic carbocycles.